The fourth-order valence-electron chi connectivity index (χ4n) is 2.80. The molecule has 0 atom stereocenters. The van der Waals surface area contributed by atoms with Crippen LogP contribution < -0.4 is 4.90 Å². The van der Waals surface area contributed by atoms with Crippen molar-refractivity contribution in [2.75, 3.05) is 31.1 Å². The van der Waals surface area contributed by atoms with Crippen LogP contribution in [-0.4, -0.2) is 41.0 Å². The lowest BCUT2D eigenvalue weighted by Crippen LogP contribution is -2.46. The van der Waals surface area contributed by atoms with Crippen molar-refractivity contribution in [2.45, 2.75) is 6.54 Å². The second-order valence-corrected chi connectivity index (χ2v) is 8.75. The number of nitrogens with zero attached hydrogens (tertiary/aromatic N) is 4. The van der Waals surface area contributed by atoms with Gasteiger partial charge >= 0.3 is 0 Å². The normalized spacial score (nSPS) is 16.5. The Bertz CT molecular complexity index is 777. The number of aromatic nitrogens is 2. The van der Waals surface area contributed by atoms with E-state index in [4.69, 9.17) is 0 Å². The topological polar surface area (TPSA) is 32.3 Å². The van der Waals surface area contributed by atoms with E-state index in [0.29, 0.717) is 0 Å². The van der Waals surface area contributed by atoms with Gasteiger partial charge in [-0.2, -0.15) is 0 Å². The molecule has 0 bridgehead atoms. The molecule has 0 aliphatic carbocycles. The Labute approximate surface area is 145 Å². The monoisotopic (exact) mass is 394 g/mol. The predicted octanol–water partition coefficient (Wildman–Crippen LogP) is 3.84. The summed E-state index contributed by atoms with van der Waals surface area (Å²) in [7, 11) is 0. The lowest BCUT2D eigenvalue weighted by molar-refractivity contribution is 0.251. The van der Waals surface area contributed by atoms with E-state index in [1.165, 1.54) is 14.0 Å². The lowest BCUT2D eigenvalue weighted by Gasteiger charge is -2.35. The number of hydrogen-bond donors (Lipinski definition) is 0. The second kappa shape index (κ2) is 6.23. The lowest BCUT2D eigenvalue weighted by atomic mass is 10.2. The first kappa shape index (κ1) is 14.6. The van der Waals surface area contributed by atoms with Crippen LogP contribution in [0.4, 0.5) is 5.82 Å². The van der Waals surface area contributed by atoms with E-state index in [2.05, 4.69) is 59.3 Å². The van der Waals surface area contributed by atoms with Gasteiger partial charge in [0.2, 0.25) is 0 Å². The Hall–Kier alpha value is -1.02. The Morgan fingerprint density at radius 2 is 1.95 bits per heavy atom. The number of anilines is 1. The molecular weight excluding hydrogens is 380 g/mol. The highest BCUT2D eigenvalue weighted by molar-refractivity contribution is 9.11. The molecule has 0 spiro atoms. The van der Waals surface area contributed by atoms with Crippen molar-refractivity contribution in [2.24, 2.45) is 0 Å². The van der Waals surface area contributed by atoms with Gasteiger partial charge in [0.05, 0.1) is 9.17 Å². The summed E-state index contributed by atoms with van der Waals surface area (Å²) in [4.78, 5) is 16.3. The van der Waals surface area contributed by atoms with E-state index in [9.17, 15) is 0 Å². The Kier molecular flexibility index (Phi) is 4.13. The van der Waals surface area contributed by atoms with Crippen molar-refractivity contribution >= 4 is 54.6 Å². The van der Waals surface area contributed by atoms with Crippen molar-refractivity contribution in [3.05, 3.63) is 38.6 Å². The van der Waals surface area contributed by atoms with Crippen LogP contribution in [0.15, 0.2) is 33.7 Å². The third kappa shape index (κ3) is 2.90. The summed E-state index contributed by atoms with van der Waals surface area (Å²) < 4.78 is 1.21. The van der Waals surface area contributed by atoms with Gasteiger partial charge in [-0.05, 0) is 39.5 Å². The van der Waals surface area contributed by atoms with Gasteiger partial charge in [0.25, 0.3) is 0 Å². The highest BCUT2D eigenvalue weighted by Gasteiger charge is 2.20. The molecule has 3 aromatic rings. The fourth-order valence-corrected chi connectivity index (χ4v) is 5.06. The predicted molar refractivity (Wildman–Crippen MR) is 96.9 cm³/mol. The maximum atomic E-state index is 4.51. The standard InChI is InChI=1S/C15H15BrN4S2/c16-13-2-1-11(22-13)9-19-4-6-20(7-5-19)14-12-3-8-21-15(12)18-10-17-14/h1-3,8,10H,4-7,9H2. The molecular formula is C15H15BrN4S2. The van der Waals surface area contributed by atoms with Gasteiger partial charge in [0, 0.05) is 37.6 Å². The molecule has 0 unspecified atom stereocenters. The highest BCUT2D eigenvalue weighted by Crippen LogP contribution is 2.28. The zero-order valence-corrected chi connectivity index (χ0v) is 15.1. The van der Waals surface area contributed by atoms with Gasteiger partial charge in [-0.25, -0.2) is 9.97 Å². The molecule has 0 saturated carbocycles. The van der Waals surface area contributed by atoms with E-state index in [0.717, 1.165) is 43.4 Å². The molecule has 22 heavy (non-hydrogen) atoms. The van der Waals surface area contributed by atoms with Crippen molar-refractivity contribution in [3.8, 4) is 0 Å². The van der Waals surface area contributed by atoms with E-state index in [1.807, 2.05) is 11.3 Å². The zero-order chi connectivity index (χ0) is 14.9. The summed E-state index contributed by atoms with van der Waals surface area (Å²) in [5, 5.41) is 3.27. The molecule has 7 heteroatoms. The van der Waals surface area contributed by atoms with Crippen LogP contribution in [0.2, 0.25) is 0 Å². The molecule has 1 saturated heterocycles. The average molecular weight is 395 g/mol. The number of thiophene rings is 2. The highest BCUT2D eigenvalue weighted by atomic mass is 79.9. The van der Waals surface area contributed by atoms with Crippen LogP contribution in [0.3, 0.4) is 0 Å². The molecule has 4 nitrogen and oxygen atoms in total. The van der Waals surface area contributed by atoms with Gasteiger partial charge in [0.1, 0.15) is 17.0 Å². The average Bonchev–Trinajstić information content (AvgIpc) is 3.16. The third-order valence-corrected chi connectivity index (χ3v) is 6.35. The van der Waals surface area contributed by atoms with Gasteiger partial charge in [-0.15, -0.1) is 22.7 Å². The quantitative estimate of drug-likeness (QED) is 0.675. The molecule has 1 aliphatic heterocycles. The van der Waals surface area contributed by atoms with Crippen molar-refractivity contribution in [1.29, 1.82) is 0 Å². The first-order valence-corrected chi connectivity index (χ1v) is 9.68. The molecule has 114 valence electrons. The Morgan fingerprint density at radius 1 is 1.09 bits per heavy atom. The van der Waals surface area contributed by atoms with Crippen LogP contribution in [0.5, 0.6) is 0 Å². The minimum atomic E-state index is 1.02. The zero-order valence-electron chi connectivity index (χ0n) is 11.9. The summed E-state index contributed by atoms with van der Waals surface area (Å²) in [5.41, 5.74) is 0. The Morgan fingerprint density at radius 3 is 2.73 bits per heavy atom. The van der Waals surface area contributed by atoms with E-state index in [1.54, 1.807) is 17.7 Å². The number of fused-ring (bicyclic) bond motifs is 1. The molecule has 4 heterocycles. The number of hydrogen-bond acceptors (Lipinski definition) is 6. The van der Waals surface area contributed by atoms with Crippen molar-refractivity contribution in [3.63, 3.8) is 0 Å². The maximum Gasteiger partial charge on any atom is 0.140 e. The van der Waals surface area contributed by atoms with Crippen molar-refractivity contribution < 1.29 is 0 Å². The van der Waals surface area contributed by atoms with Crippen LogP contribution in [0.1, 0.15) is 4.88 Å². The van der Waals surface area contributed by atoms with Gasteiger partial charge in [0.15, 0.2) is 0 Å². The summed E-state index contributed by atoms with van der Waals surface area (Å²) >= 11 is 7.04. The first-order valence-electron chi connectivity index (χ1n) is 7.19. The molecule has 0 amide bonds. The molecule has 1 fully saturated rings. The van der Waals surface area contributed by atoms with E-state index in [-0.39, 0.29) is 0 Å². The molecule has 4 rings (SSSR count). The molecule has 0 aromatic carbocycles. The smallest absolute Gasteiger partial charge is 0.140 e. The summed E-state index contributed by atoms with van der Waals surface area (Å²) in [6.07, 6.45) is 1.68. The van der Waals surface area contributed by atoms with Crippen LogP contribution in [-0.2, 0) is 6.54 Å². The van der Waals surface area contributed by atoms with Gasteiger partial charge in [-0.3, -0.25) is 4.90 Å². The SMILES string of the molecule is Brc1ccc(CN2CCN(c3ncnc4sccc34)CC2)s1. The molecule has 1 aliphatic rings. The maximum absolute atomic E-state index is 4.51. The van der Waals surface area contributed by atoms with Crippen LogP contribution in [0.25, 0.3) is 10.2 Å². The number of piperazine rings is 1. The number of rotatable bonds is 3. The molecule has 3 aromatic heterocycles. The third-order valence-electron chi connectivity index (χ3n) is 3.92. The minimum Gasteiger partial charge on any atom is -0.353 e. The Balaban J connectivity index is 1.44. The van der Waals surface area contributed by atoms with E-state index >= 15 is 0 Å². The van der Waals surface area contributed by atoms with E-state index < -0.39 is 0 Å². The van der Waals surface area contributed by atoms with Crippen LogP contribution >= 0.6 is 38.6 Å². The second-order valence-electron chi connectivity index (χ2n) is 5.31. The number of halogens is 1. The fraction of sp³-hybridized carbons (Fsp3) is 0.333. The largest absolute Gasteiger partial charge is 0.353 e. The molecule has 0 radical (unpaired) electrons. The van der Waals surface area contributed by atoms with Gasteiger partial charge < -0.3 is 4.90 Å². The summed E-state index contributed by atoms with van der Waals surface area (Å²) in [5.74, 6) is 1.09. The summed E-state index contributed by atoms with van der Waals surface area (Å²) in [6, 6.07) is 6.47. The minimum absolute atomic E-state index is 1.02. The van der Waals surface area contributed by atoms with Crippen LogP contribution in [0, 0.1) is 0 Å². The van der Waals surface area contributed by atoms with Crippen molar-refractivity contribution in [1.82, 2.24) is 14.9 Å². The molecule has 0 N–H and O–H groups in total. The van der Waals surface area contributed by atoms with Gasteiger partial charge in [-0.1, -0.05) is 0 Å². The first-order chi connectivity index (χ1) is 10.8. The summed E-state index contributed by atoms with van der Waals surface area (Å²) in [6.45, 7) is 5.24.